The molecule has 0 aliphatic rings. The summed E-state index contributed by atoms with van der Waals surface area (Å²) >= 11 is 3.65. The molecule has 0 aliphatic heterocycles. The van der Waals surface area contributed by atoms with Crippen LogP contribution in [0.2, 0.25) is 0 Å². The second-order valence-corrected chi connectivity index (χ2v) is 5.35. The van der Waals surface area contributed by atoms with Crippen molar-refractivity contribution < 1.29 is 4.79 Å². The van der Waals surface area contributed by atoms with Gasteiger partial charge in [-0.1, -0.05) is 18.7 Å². The first-order valence-electron chi connectivity index (χ1n) is 4.62. The summed E-state index contributed by atoms with van der Waals surface area (Å²) in [5.74, 6) is -0.391. The van der Waals surface area contributed by atoms with E-state index in [1.165, 1.54) is 11.3 Å². The third-order valence-corrected chi connectivity index (χ3v) is 3.27. The van der Waals surface area contributed by atoms with E-state index in [-0.39, 0.29) is 0 Å². The Morgan fingerprint density at radius 1 is 1.56 bits per heavy atom. The van der Waals surface area contributed by atoms with Crippen molar-refractivity contribution >= 4 is 45.4 Å². The highest BCUT2D eigenvalue weighted by atomic mass is 127. The molecule has 2 N–H and O–H groups in total. The molecule has 0 aliphatic carbocycles. The quantitative estimate of drug-likeness (QED) is 0.655. The number of hydrogen-bond donors (Lipinski definition) is 1. The third kappa shape index (κ3) is 3.31. The van der Waals surface area contributed by atoms with E-state index < -0.39 is 5.91 Å². The van der Waals surface area contributed by atoms with E-state index >= 15 is 0 Å². The van der Waals surface area contributed by atoms with Gasteiger partial charge in [-0.2, -0.15) is 0 Å². The molecule has 1 heterocycles. The van der Waals surface area contributed by atoms with E-state index in [0.717, 1.165) is 14.0 Å². The first kappa shape index (κ1) is 13.2. The first-order valence-corrected chi connectivity index (χ1v) is 6.58. The van der Waals surface area contributed by atoms with Crippen molar-refractivity contribution in [1.29, 1.82) is 0 Å². The Bertz CT molecular complexity index is 471. The van der Waals surface area contributed by atoms with Gasteiger partial charge in [0.05, 0.1) is 5.56 Å². The minimum Gasteiger partial charge on any atom is -0.366 e. The zero-order valence-electron chi connectivity index (χ0n) is 8.87. The van der Waals surface area contributed by atoms with Crippen LogP contribution in [0.5, 0.6) is 0 Å². The van der Waals surface area contributed by atoms with E-state index in [4.69, 9.17) is 5.73 Å². The van der Waals surface area contributed by atoms with Crippen molar-refractivity contribution in [3.8, 4) is 0 Å². The number of halogens is 1. The van der Waals surface area contributed by atoms with Crippen LogP contribution in [0.15, 0.2) is 39.8 Å². The van der Waals surface area contributed by atoms with Gasteiger partial charge in [0.25, 0.3) is 0 Å². The van der Waals surface area contributed by atoms with Crippen LogP contribution >= 0.6 is 33.9 Å². The summed E-state index contributed by atoms with van der Waals surface area (Å²) in [7, 11) is 0. The highest BCUT2D eigenvalue weighted by molar-refractivity contribution is 14.1. The standard InChI is InChI=1S/C12H12INOS/c1-3-9(5-4-8(2)13)11-10(12(14)15)6-7-16-11/h3-7H,2H2,1H3,(H2,14,15)/b5-4-,9-3+. The van der Waals surface area contributed by atoms with Gasteiger partial charge < -0.3 is 5.73 Å². The van der Waals surface area contributed by atoms with Crippen LogP contribution in [-0.2, 0) is 0 Å². The van der Waals surface area contributed by atoms with Crippen molar-refractivity contribution in [1.82, 2.24) is 0 Å². The SMILES string of the molecule is C=C(I)/C=C\C(=C/C)c1sccc1C(N)=O. The maximum absolute atomic E-state index is 11.2. The molecule has 0 radical (unpaired) electrons. The van der Waals surface area contributed by atoms with Crippen LogP contribution in [0.1, 0.15) is 22.2 Å². The molecular formula is C12H12INOS. The summed E-state index contributed by atoms with van der Waals surface area (Å²) in [6.45, 7) is 5.72. The Hall–Kier alpha value is -0.880. The molecule has 1 rings (SSSR count). The lowest BCUT2D eigenvalue weighted by Crippen LogP contribution is -2.11. The van der Waals surface area contributed by atoms with Gasteiger partial charge >= 0.3 is 0 Å². The van der Waals surface area contributed by atoms with E-state index in [2.05, 4.69) is 29.2 Å². The fourth-order valence-corrected chi connectivity index (χ4v) is 2.35. The topological polar surface area (TPSA) is 43.1 Å². The third-order valence-electron chi connectivity index (χ3n) is 1.95. The van der Waals surface area contributed by atoms with Crippen molar-refractivity contribution in [2.45, 2.75) is 6.92 Å². The molecule has 1 aromatic rings. The van der Waals surface area contributed by atoms with Crippen LogP contribution in [0.4, 0.5) is 0 Å². The van der Waals surface area contributed by atoms with Crippen LogP contribution in [0.3, 0.4) is 0 Å². The van der Waals surface area contributed by atoms with Crippen molar-refractivity contribution in [2.75, 3.05) is 0 Å². The number of nitrogens with two attached hydrogens (primary N) is 1. The van der Waals surface area contributed by atoms with Crippen molar-refractivity contribution in [3.05, 3.63) is 50.3 Å². The molecule has 0 saturated carbocycles. The molecule has 0 aromatic carbocycles. The molecule has 84 valence electrons. The molecular weight excluding hydrogens is 333 g/mol. The van der Waals surface area contributed by atoms with Gasteiger partial charge in [0.1, 0.15) is 0 Å². The zero-order chi connectivity index (χ0) is 12.1. The van der Waals surface area contributed by atoms with Gasteiger partial charge in [0, 0.05) is 8.46 Å². The normalized spacial score (nSPS) is 12.0. The molecule has 2 nitrogen and oxygen atoms in total. The Morgan fingerprint density at radius 2 is 2.25 bits per heavy atom. The lowest BCUT2D eigenvalue weighted by atomic mass is 10.1. The highest BCUT2D eigenvalue weighted by Gasteiger charge is 2.11. The first-order chi connectivity index (χ1) is 7.56. The van der Waals surface area contributed by atoms with Crippen molar-refractivity contribution in [3.63, 3.8) is 0 Å². The fraction of sp³-hybridized carbons (Fsp3) is 0.0833. The van der Waals surface area contributed by atoms with Gasteiger partial charge in [0.15, 0.2) is 0 Å². The molecule has 1 amide bonds. The lowest BCUT2D eigenvalue weighted by molar-refractivity contribution is 0.100. The van der Waals surface area contributed by atoms with Crippen LogP contribution < -0.4 is 5.73 Å². The fourth-order valence-electron chi connectivity index (χ4n) is 1.21. The van der Waals surface area contributed by atoms with Crippen LogP contribution in [-0.4, -0.2) is 5.91 Å². The highest BCUT2D eigenvalue weighted by Crippen LogP contribution is 2.26. The molecule has 0 unspecified atom stereocenters. The van der Waals surface area contributed by atoms with Gasteiger partial charge in [-0.05, 0) is 52.6 Å². The van der Waals surface area contributed by atoms with Gasteiger partial charge in [0.2, 0.25) is 5.91 Å². The van der Waals surface area contributed by atoms with E-state index in [1.807, 2.05) is 30.5 Å². The molecule has 0 atom stereocenters. The molecule has 0 fully saturated rings. The Balaban J connectivity index is 3.10. The maximum Gasteiger partial charge on any atom is 0.250 e. The predicted octanol–water partition coefficient (Wildman–Crippen LogP) is 3.76. The number of primary amides is 1. The molecule has 0 saturated heterocycles. The number of carbonyl (C=O) groups is 1. The molecule has 1 aromatic heterocycles. The number of allylic oxidation sites excluding steroid dienone is 5. The average Bonchev–Trinajstić information content (AvgIpc) is 2.67. The minimum absolute atomic E-state index is 0.391. The largest absolute Gasteiger partial charge is 0.366 e. The average molecular weight is 345 g/mol. The van der Waals surface area contributed by atoms with E-state index in [0.29, 0.717) is 5.56 Å². The van der Waals surface area contributed by atoms with Gasteiger partial charge in [-0.25, -0.2) is 0 Å². The summed E-state index contributed by atoms with van der Waals surface area (Å²) in [5, 5.41) is 1.87. The number of thiophene rings is 1. The Labute approximate surface area is 113 Å². The van der Waals surface area contributed by atoms with E-state index in [9.17, 15) is 4.79 Å². The molecule has 16 heavy (non-hydrogen) atoms. The minimum atomic E-state index is -0.391. The number of rotatable bonds is 4. The molecule has 4 heteroatoms. The molecule has 0 bridgehead atoms. The zero-order valence-corrected chi connectivity index (χ0v) is 11.8. The Morgan fingerprint density at radius 3 is 2.75 bits per heavy atom. The Kier molecular flexibility index (Phi) is 4.95. The summed E-state index contributed by atoms with van der Waals surface area (Å²) in [5.41, 5.74) is 6.86. The summed E-state index contributed by atoms with van der Waals surface area (Å²) in [6.07, 6.45) is 5.79. The van der Waals surface area contributed by atoms with Crippen LogP contribution in [0.25, 0.3) is 5.57 Å². The summed E-state index contributed by atoms with van der Waals surface area (Å²) in [4.78, 5) is 12.1. The van der Waals surface area contributed by atoms with Gasteiger partial charge in [-0.3, -0.25) is 4.79 Å². The number of hydrogen-bond acceptors (Lipinski definition) is 2. The second kappa shape index (κ2) is 6.00. The monoisotopic (exact) mass is 345 g/mol. The number of amides is 1. The second-order valence-electron chi connectivity index (χ2n) is 3.05. The maximum atomic E-state index is 11.2. The van der Waals surface area contributed by atoms with Crippen molar-refractivity contribution in [2.24, 2.45) is 5.73 Å². The predicted molar refractivity (Wildman–Crippen MR) is 78.8 cm³/mol. The van der Waals surface area contributed by atoms with E-state index in [1.54, 1.807) is 6.07 Å². The number of carbonyl (C=O) groups excluding carboxylic acids is 1. The van der Waals surface area contributed by atoms with Gasteiger partial charge in [-0.15, -0.1) is 11.3 Å². The lowest BCUT2D eigenvalue weighted by Gasteiger charge is -2.01. The smallest absolute Gasteiger partial charge is 0.250 e. The molecule has 0 spiro atoms. The van der Waals surface area contributed by atoms with Crippen LogP contribution in [0, 0.1) is 0 Å². The summed E-state index contributed by atoms with van der Waals surface area (Å²) in [6, 6.07) is 1.75. The summed E-state index contributed by atoms with van der Waals surface area (Å²) < 4.78 is 0.939.